The highest BCUT2D eigenvalue weighted by Gasteiger charge is 2.44. The second-order valence-corrected chi connectivity index (χ2v) is 17.8. The summed E-state index contributed by atoms with van der Waals surface area (Å²) in [7, 11) is 2.60. The number of rotatable bonds is 9. The molecule has 4 aliphatic heterocycles. The first-order chi connectivity index (χ1) is 30.4. The van der Waals surface area contributed by atoms with Crippen LogP contribution in [0.15, 0.2) is 48.7 Å². The van der Waals surface area contributed by atoms with Gasteiger partial charge in [-0.1, -0.05) is 32.0 Å². The van der Waals surface area contributed by atoms with Crippen LogP contribution >= 0.6 is 0 Å². The third-order valence-electron chi connectivity index (χ3n) is 13.6. The maximum absolute atomic E-state index is 14.3. The fourth-order valence-corrected chi connectivity index (χ4v) is 10.2. The molecular weight excluding hydrogens is 805 g/mol. The summed E-state index contributed by atoms with van der Waals surface area (Å²) in [6.45, 7) is 9.37. The van der Waals surface area contributed by atoms with Crippen molar-refractivity contribution in [2.75, 3.05) is 27.4 Å². The zero-order valence-electron chi connectivity index (χ0n) is 36.7. The van der Waals surface area contributed by atoms with Crippen molar-refractivity contribution >= 4 is 45.8 Å². The number of hydrogen-bond acceptors (Lipinski definition) is 10. The Morgan fingerprint density at radius 1 is 0.794 bits per heavy atom. The van der Waals surface area contributed by atoms with Gasteiger partial charge in [-0.15, -0.1) is 0 Å². The monoisotopic (exact) mass is 860 g/mol. The zero-order valence-corrected chi connectivity index (χ0v) is 36.7. The van der Waals surface area contributed by atoms with Crippen molar-refractivity contribution in [3.63, 3.8) is 0 Å². The minimum atomic E-state index is -0.728. The molecule has 0 aliphatic carbocycles. The molecule has 9 rings (SSSR count). The number of imidazole rings is 2. The molecule has 2 unspecified atom stereocenters. The van der Waals surface area contributed by atoms with Gasteiger partial charge in [0.1, 0.15) is 36.1 Å². The predicted octanol–water partition coefficient (Wildman–Crippen LogP) is 7.30. The van der Waals surface area contributed by atoms with Gasteiger partial charge in [-0.2, -0.15) is 0 Å². The summed E-state index contributed by atoms with van der Waals surface area (Å²) < 4.78 is 21.7. The fourth-order valence-electron chi connectivity index (χ4n) is 10.2. The molecule has 0 bridgehead atoms. The van der Waals surface area contributed by atoms with Crippen molar-refractivity contribution in [1.29, 1.82) is 0 Å². The highest BCUT2D eigenvalue weighted by atomic mass is 16.5. The molecule has 3 fully saturated rings. The number of amides is 4. The number of carbonyl (C=O) groups excluding carboxylic acids is 4. The average Bonchev–Trinajstić information content (AvgIpc) is 4.12. The minimum Gasteiger partial charge on any atom is -0.488 e. The minimum absolute atomic E-state index is 0.0276. The summed E-state index contributed by atoms with van der Waals surface area (Å²) in [6.07, 6.45) is 5.06. The molecule has 3 saturated heterocycles. The van der Waals surface area contributed by atoms with E-state index in [1.807, 2.05) is 49.8 Å². The van der Waals surface area contributed by atoms with Crippen molar-refractivity contribution in [2.24, 2.45) is 11.8 Å². The Balaban J connectivity index is 0.960. The Morgan fingerprint density at radius 2 is 1.49 bits per heavy atom. The van der Waals surface area contributed by atoms with Crippen molar-refractivity contribution in [3.05, 3.63) is 65.9 Å². The smallest absolute Gasteiger partial charge is 0.407 e. The number of aromatic nitrogens is 4. The van der Waals surface area contributed by atoms with Gasteiger partial charge in [-0.05, 0) is 111 Å². The van der Waals surface area contributed by atoms with Crippen molar-refractivity contribution in [1.82, 2.24) is 40.4 Å². The summed E-state index contributed by atoms with van der Waals surface area (Å²) in [5, 5.41) is 7.54. The van der Waals surface area contributed by atoms with Crippen LogP contribution in [0, 0.1) is 11.8 Å². The summed E-state index contributed by atoms with van der Waals surface area (Å²) in [5.41, 5.74) is 6.58. The fraction of sp³-hybridized carbons (Fsp3) is 0.489. The zero-order chi connectivity index (χ0) is 44.1. The lowest BCUT2D eigenvalue weighted by Crippen LogP contribution is -2.54. The number of hydrogen-bond donors (Lipinski definition) is 4. The van der Waals surface area contributed by atoms with Crippen LogP contribution in [0.5, 0.6) is 5.75 Å². The van der Waals surface area contributed by atoms with Crippen LogP contribution in [0.4, 0.5) is 9.59 Å². The highest BCUT2D eigenvalue weighted by molar-refractivity contribution is 6.07. The summed E-state index contributed by atoms with van der Waals surface area (Å²) in [5.74, 6) is 1.73. The van der Waals surface area contributed by atoms with Gasteiger partial charge in [0.25, 0.3) is 0 Å². The first kappa shape index (κ1) is 42.2. The molecular formula is C47H56N8O8. The van der Waals surface area contributed by atoms with Gasteiger partial charge in [-0.3, -0.25) is 9.59 Å². The van der Waals surface area contributed by atoms with Crippen molar-refractivity contribution in [3.8, 4) is 28.1 Å². The maximum atomic E-state index is 14.3. The second-order valence-electron chi connectivity index (χ2n) is 17.8. The third kappa shape index (κ3) is 7.82. The van der Waals surface area contributed by atoms with Crippen LogP contribution < -0.4 is 15.4 Å². The Kier molecular flexibility index (Phi) is 11.5. The van der Waals surface area contributed by atoms with Gasteiger partial charge >= 0.3 is 12.2 Å². The quantitative estimate of drug-likeness (QED) is 0.117. The number of benzene rings is 3. The number of ether oxygens (including phenoxy) is 4. The first-order valence-corrected chi connectivity index (χ1v) is 22.1. The molecule has 16 heteroatoms. The molecule has 3 aromatic carbocycles. The summed E-state index contributed by atoms with van der Waals surface area (Å²) >= 11 is 0. The standard InChI is InChI=1S/C47H56N8O8/c1-24(2)39(52-46(58)60-5)44(56)55-26(4)8-14-37(55)43-49-34-12-10-28-20-33-31-11-9-29(19-30(31)23-63-38(33)21-32(28)41(34)51-43)35-22-48-42(50-35)36-13-7-25(3)54(36)45(57)40(53-47(59)61-6)27-15-17-62-18-16-27/h9-12,19-22,24-27,36-37,39-40H,7-8,13-18,23H2,1-6H3,(H,48,50)(H,49,51)(H,52,58)(H,53,59)/t25-,26-,36-,37-,39?,40?/m0/s1. The maximum Gasteiger partial charge on any atom is 0.407 e. The molecule has 0 spiro atoms. The summed E-state index contributed by atoms with van der Waals surface area (Å²) in [6, 6.07) is 12.6. The van der Waals surface area contributed by atoms with Gasteiger partial charge in [-0.25, -0.2) is 19.6 Å². The molecule has 5 aromatic rings. The number of nitrogens with one attached hydrogen (secondary N) is 4. The van der Waals surface area contributed by atoms with E-state index in [2.05, 4.69) is 57.0 Å². The Hall–Kier alpha value is -6.16. The number of nitrogens with zero attached hydrogens (tertiary/aromatic N) is 4. The van der Waals surface area contributed by atoms with E-state index in [9.17, 15) is 19.2 Å². The van der Waals surface area contributed by atoms with Crippen LogP contribution in [-0.2, 0) is 30.4 Å². The molecule has 0 saturated carbocycles. The van der Waals surface area contributed by atoms with Gasteiger partial charge in [0.2, 0.25) is 11.8 Å². The molecule has 4 N–H and O–H groups in total. The van der Waals surface area contributed by atoms with Crippen LogP contribution in [0.3, 0.4) is 0 Å². The molecule has 2 aromatic heterocycles. The van der Waals surface area contributed by atoms with Gasteiger partial charge < -0.3 is 49.3 Å². The number of fused-ring (bicyclic) bond motifs is 6. The molecule has 6 atom stereocenters. The lowest BCUT2D eigenvalue weighted by Gasteiger charge is -2.36. The number of aromatic amines is 2. The largest absolute Gasteiger partial charge is 0.488 e. The average molecular weight is 861 g/mol. The SMILES string of the molecule is COC(=O)NC(C(=O)N1[C@@H](C)CC[C@H]1c1nc2c(ccc3cc4c(cc32)OCc2cc(-c3cnc([C@@H]5CC[C@H](C)N5C(=O)C(NC(=O)OC)C5CCOCC5)[nH]3)ccc2-4)[nH]1)C(C)C. The van der Waals surface area contributed by atoms with Crippen LogP contribution in [0.1, 0.15) is 95.5 Å². The van der Waals surface area contributed by atoms with Crippen LogP contribution in [-0.4, -0.2) is 105 Å². The molecule has 16 nitrogen and oxygen atoms in total. The van der Waals surface area contributed by atoms with E-state index in [1.165, 1.54) is 14.2 Å². The van der Waals surface area contributed by atoms with Gasteiger partial charge in [0, 0.05) is 36.2 Å². The predicted molar refractivity (Wildman–Crippen MR) is 235 cm³/mol. The van der Waals surface area contributed by atoms with E-state index in [4.69, 9.17) is 28.9 Å². The van der Waals surface area contributed by atoms with E-state index >= 15 is 0 Å². The van der Waals surface area contributed by atoms with Gasteiger partial charge in [0.15, 0.2) is 0 Å². The number of alkyl carbamates (subject to hydrolysis) is 2. The van der Waals surface area contributed by atoms with Gasteiger partial charge in [0.05, 0.1) is 49.2 Å². The highest BCUT2D eigenvalue weighted by Crippen LogP contribution is 2.44. The second kappa shape index (κ2) is 17.2. The first-order valence-electron chi connectivity index (χ1n) is 22.1. The molecule has 63 heavy (non-hydrogen) atoms. The number of carbonyl (C=O) groups is 4. The van der Waals surface area contributed by atoms with E-state index in [0.717, 1.165) is 81.2 Å². The molecule has 332 valence electrons. The van der Waals surface area contributed by atoms with Crippen molar-refractivity contribution in [2.45, 2.75) is 109 Å². The summed E-state index contributed by atoms with van der Waals surface area (Å²) in [4.78, 5) is 73.6. The molecule has 4 amide bonds. The van der Waals surface area contributed by atoms with Crippen LogP contribution in [0.25, 0.3) is 44.2 Å². The third-order valence-corrected chi connectivity index (χ3v) is 13.6. The molecule has 0 radical (unpaired) electrons. The topological polar surface area (TPSA) is 193 Å². The van der Waals surface area contributed by atoms with E-state index in [-0.39, 0.29) is 47.8 Å². The van der Waals surface area contributed by atoms with Crippen LogP contribution in [0.2, 0.25) is 0 Å². The van der Waals surface area contributed by atoms with E-state index in [0.29, 0.717) is 44.3 Å². The molecule has 6 heterocycles. The molecule has 4 aliphatic rings. The normalized spacial score (nSPS) is 22.1. The number of H-pyrrole nitrogens is 2. The van der Waals surface area contributed by atoms with E-state index < -0.39 is 24.3 Å². The Morgan fingerprint density at radius 3 is 2.21 bits per heavy atom. The number of likely N-dealkylation sites (tertiary alicyclic amines) is 2. The number of methoxy groups -OCH3 is 2. The lowest BCUT2D eigenvalue weighted by atomic mass is 9.90. The van der Waals surface area contributed by atoms with Crippen molar-refractivity contribution < 1.29 is 38.1 Å². The Labute approximate surface area is 365 Å². The lowest BCUT2D eigenvalue weighted by molar-refractivity contribution is -0.139. The van der Waals surface area contributed by atoms with E-state index in [1.54, 1.807) is 0 Å². The Bertz CT molecular complexity index is 2560.